The van der Waals surface area contributed by atoms with Crippen LogP contribution in [0.25, 0.3) is 10.9 Å². The smallest absolute Gasteiger partial charge is 0.113 e. The summed E-state index contributed by atoms with van der Waals surface area (Å²) in [7, 11) is 0. The molecule has 0 saturated carbocycles. The molecule has 0 aliphatic heterocycles. The van der Waals surface area contributed by atoms with Crippen LogP contribution < -0.4 is 0 Å². The minimum absolute atomic E-state index is 0.0799. The minimum atomic E-state index is 0.0799. The van der Waals surface area contributed by atoms with Gasteiger partial charge in [-0.25, -0.2) is 4.98 Å². The monoisotopic (exact) mass is 272 g/mol. The maximum atomic E-state index is 9.24. The lowest BCUT2D eigenvalue weighted by atomic mass is 10.2. The second-order valence-electron chi connectivity index (χ2n) is 4.74. The quantitative estimate of drug-likeness (QED) is 0.794. The number of aliphatic hydroxyl groups excluding tert-OH is 1. The van der Waals surface area contributed by atoms with E-state index in [1.807, 2.05) is 19.1 Å². The van der Waals surface area contributed by atoms with E-state index in [0.29, 0.717) is 0 Å². The summed E-state index contributed by atoms with van der Waals surface area (Å²) in [4.78, 5) is 5.86. The first-order valence-electron chi connectivity index (χ1n) is 6.29. The standard InChI is InChI=1S/C15H16N2OS/c1-10-11(2)19-15(16-10)8-17-6-5-13-4-3-12(9-18)7-14(13)17/h3-7,18H,8-9H2,1-2H3. The predicted octanol–water partition coefficient (Wildman–Crippen LogP) is 3.26. The van der Waals surface area contributed by atoms with Gasteiger partial charge in [-0.15, -0.1) is 11.3 Å². The predicted molar refractivity (Wildman–Crippen MR) is 78.6 cm³/mol. The van der Waals surface area contributed by atoms with Crippen LogP contribution in [0.15, 0.2) is 30.5 Å². The summed E-state index contributed by atoms with van der Waals surface area (Å²) in [5.41, 5.74) is 3.21. The molecule has 0 unspecified atom stereocenters. The molecule has 1 aromatic carbocycles. The summed E-state index contributed by atoms with van der Waals surface area (Å²) in [6, 6.07) is 8.16. The molecular formula is C15H16N2OS. The molecule has 0 aliphatic carbocycles. The van der Waals surface area contributed by atoms with E-state index in [2.05, 4.69) is 34.8 Å². The minimum Gasteiger partial charge on any atom is -0.392 e. The van der Waals surface area contributed by atoms with E-state index >= 15 is 0 Å². The molecule has 0 spiro atoms. The topological polar surface area (TPSA) is 38.0 Å². The van der Waals surface area contributed by atoms with Crippen LogP contribution >= 0.6 is 11.3 Å². The molecule has 0 amide bonds. The largest absolute Gasteiger partial charge is 0.392 e. The van der Waals surface area contributed by atoms with E-state index in [1.54, 1.807) is 11.3 Å². The fourth-order valence-electron chi connectivity index (χ4n) is 2.22. The zero-order chi connectivity index (χ0) is 13.4. The molecule has 4 heteroatoms. The number of hydrogen-bond acceptors (Lipinski definition) is 3. The van der Waals surface area contributed by atoms with Crippen LogP contribution in [-0.2, 0) is 13.2 Å². The number of rotatable bonds is 3. The van der Waals surface area contributed by atoms with Crippen LogP contribution in [0.1, 0.15) is 21.1 Å². The van der Waals surface area contributed by atoms with Gasteiger partial charge in [0.1, 0.15) is 5.01 Å². The van der Waals surface area contributed by atoms with Gasteiger partial charge in [-0.2, -0.15) is 0 Å². The van der Waals surface area contributed by atoms with Gasteiger partial charge in [0.2, 0.25) is 0 Å². The van der Waals surface area contributed by atoms with Crippen molar-refractivity contribution in [2.24, 2.45) is 0 Å². The summed E-state index contributed by atoms with van der Waals surface area (Å²) in [6.07, 6.45) is 2.08. The number of fused-ring (bicyclic) bond motifs is 1. The lowest BCUT2D eigenvalue weighted by Gasteiger charge is -2.04. The molecule has 98 valence electrons. The SMILES string of the molecule is Cc1nc(Cn2ccc3ccc(CO)cc32)sc1C. The zero-order valence-corrected chi connectivity index (χ0v) is 11.9. The molecule has 3 aromatic rings. The molecule has 2 aromatic heterocycles. The Bertz CT molecular complexity index is 707. The number of aliphatic hydroxyl groups is 1. The van der Waals surface area contributed by atoms with Gasteiger partial charge in [0, 0.05) is 16.6 Å². The average Bonchev–Trinajstić information content (AvgIpc) is 2.94. The molecular weight excluding hydrogens is 256 g/mol. The van der Waals surface area contributed by atoms with Crippen LogP contribution in [0.2, 0.25) is 0 Å². The molecule has 0 atom stereocenters. The van der Waals surface area contributed by atoms with Crippen LogP contribution in [0.3, 0.4) is 0 Å². The molecule has 0 aliphatic rings. The molecule has 2 heterocycles. The summed E-state index contributed by atoms with van der Waals surface area (Å²) < 4.78 is 2.19. The molecule has 1 N–H and O–H groups in total. The van der Waals surface area contributed by atoms with E-state index in [0.717, 1.165) is 28.3 Å². The molecule has 0 saturated heterocycles. The summed E-state index contributed by atoms with van der Waals surface area (Å²) in [5.74, 6) is 0. The first-order valence-corrected chi connectivity index (χ1v) is 7.10. The van der Waals surface area contributed by atoms with Crippen molar-refractivity contribution in [3.63, 3.8) is 0 Å². The Morgan fingerprint density at radius 3 is 2.79 bits per heavy atom. The van der Waals surface area contributed by atoms with E-state index in [9.17, 15) is 5.11 Å². The van der Waals surface area contributed by atoms with Crippen LogP contribution in [-0.4, -0.2) is 14.7 Å². The van der Waals surface area contributed by atoms with Crippen molar-refractivity contribution < 1.29 is 5.11 Å². The van der Waals surface area contributed by atoms with Crippen molar-refractivity contribution >= 4 is 22.2 Å². The van der Waals surface area contributed by atoms with Crippen molar-refractivity contribution in [1.82, 2.24) is 9.55 Å². The Kier molecular flexibility index (Phi) is 3.12. The second-order valence-corrected chi connectivity index (χ2v) is 6.03. The van der Waals surface area contributed by atoms with E-state index in [4.69, 9.17) is 0 Å². The second kappa shape index (κ2) is 4.79. The molecule has 3 rings (SSSR count). The van der Waals surface area contributed by atoms with Gasteiger partial charge in [-0.05, 0) is 36.9 Å². The molecule has 3 nitrogen and oxygen atoms in total. The van der Waals surface area contributed by atoms with E-state index in [-0.39, 0.29) is 6.61 Å². The first kappa shape index (κ1) is 12.4. The highest BCUT2D eigenvalue weighted by molar-refractivity contribution is 7.11. The van der Waals surface area contributed by atoms with Gasteiger partial charge < -0.3 is 9.67 Å². The highest BCUT2D eigenvalue weighted by Gasteiger charge is 2.07. The van der Waals surface area contributed by atoms with Crippen molar-refractivity contribution in [3.8, 4) is 0 Å². The van der Waals surface area contributed by atoms with Crippen LogP contribution in [0.5, 0.6) is 0 Å². The van der Waals surface area contributed by atoms with Gasteiger partial charge in [0.25, 0.3) is 0 Å². The maximum absolute atomic E-state index is 9.24. The summed E-state index contributed by atoms with van der Waals surface area (Å²) in [5, 5.41) is 11.6. The van der Waals surface area contributed by atoms with Crippen molar-refractivity contribution in [3.05, 3.63) is 51.6 Å². The van der Waals surface area contributed by atoms with Crippen LogP contribution in [0.4, 0.5) is 0 Å². The fraction of sp³-hybridized carbons (Fsp3) is 0.267. The van der Waals surface area contributed by atoms with Crippen molar-refractivity contribution in [2.45, 2.75) is 27.0 Å². The normalized spacial score (nSPS) is 11.3. The molecule has 0 bridgehead atoms. The lowest BCUT2D eigenvalue weighted by Crippen LogP contribution is -1.97. The Labute approximate surface area is 116 Å². The van der Waals surface area contributed by atoms with Crippen LogP contribution in [0, 0.1) is 13.8 Å². The Hall–Kier alpha value is -1.65. The van der Waals surface area contributed by atoms with Gasteiger partial charge in [-0.3, -0.25) is 0 Å². The van der Waals surface area contributed by atoms with E-state index < -0.39 is 0 Å². The van der Waals surface area contributed by atoms with Gasteiger partial charge in [0.15, 0.2) is 0 Å². The average molecular weight is 272 g/mol. The summed E-state index contributed by atoms with van der Waals surface area (Å²) in [6.45, 7) is 5.02. The number of thiazole rings is 1. The number of hydrogen-bond donors (Lipinski definition) is 1. The molecule has 0 fully saturated rings. The van der Waals surface area contributed by atoms with E-state index in [1.165, 1.54) is 10.3 Å². The Morgan fingerprint density at radius 2 is 2.11 bits per heavy atom. The Balaban J connectivity index is 2.00. The van der Waals surface area contributed by atoms with Gasteiger partial charge in [-0.1, -0.05) is 12.1 Å². The third-order valence-electron chi connectivity index (χ3n) is 3.40. The van der Waals surface area contributed by atoms with Crippen molar-refractivity contribution in [1.29, 1.82) is 0 Å². The number of benzene rings is 1. The number of nitrogens with zero attached hydrogens (tertiary/aromatic N) is 2. The van der Waals surface area contributed by atoms with Crippen molar-refractivity contribution in [2.75, 3.05) is 0 Å². The highest BCUT2D eigenvalue weighted by atomic mass is 32.1. The number of aromatic nitrogens is 2. The third kappa shape index (κ3) is 2.29. The first-order chi connectivity index (χ1) is 9.17. The molecule has 0 radical (unpaired) electrons. The maximum Gasteiger partial charge on any atom is 0.113 e. The fourth-order valence-corrected chi connectivity index (χ4v) is 3.15. The number of aryl methyl sites for hydroxylation is 2. The van der Waals surface area contributed by atoms with Gasteiger partial charge >= 0.3 is 0 Å². The summed E-state index contributed by atoms with van der Waals surface area (Å²) >= 11 is 1.75. The lowest BCUT2D eigenvalue weighted by molar-refractivity contribution is 0.282. The molecule has 19 heavy (non-hydrogen) atoms. The third-order valence-corrected chi connectivity index (χ3v) is 4.46. The van der Waals surface area contributed by atoms with Gasteiger partial charge in [0.05, 0.1) is 18.8 Å². The Morgan fingerprint density at radius 1 is 1.26 bits per heavy atom. The highest BCUT2D eigenvalue weighted by Crippen LogP contribution is 2.22. The zero-order valence-electron chi connectivity index (χ0n) is 11.1.